The lowest BCUT2D eigenvalue weighted by molar-refractivity contribution is -0.282. The van der Waals surface area contributed by atoms with Crippen molar-refractivity contribution in [2.75, 3.05) is 7.11 Å². The molecule has 0 bridgehead atoms. The first kappa shape index (κ1) is 31.2. The maximum Gasteiger partial charge on any atom is 0.306 e. The summed E-state index contributed by atoms with van der Waals surface area (Å²) in [6, 6.07) is 9.98. The molecule has 1 fully saturated rings. The normalized spacial score (nSPS) is 26.1. The second-order valence-electron chi connectivity index (χ2n) is 13.1. The number of benzene rings is 1. The molecule has 1 aromatic rings. The van der Waals surface area contributed by atoms with Gasteiger partial charge in [-0.2, -0.15) is 0 Å². The summed E-state index contributed by atoms with van der Waals surface area (Å²) in [5.41, 5.74) is 1.11. The van der Waals surface area contributed by atoms with E-state index in [-0.39, 0.29) is 16.0 Å². The number of rotatable bonds is 9. The zero-order valence-electron chi connectivity index (χ0n) is 24.6. The number of hydrogen-bond acceptors (Lipinski definition) is 6. The van der Waals surface area contributed by atoms with Gasteiger partial charge in [0.25, 0.3) is 0 Å². The van der Waals surface area contributed by atoms with Crippen molar-refractivity contribution in [2.45, 2.75) is 128 Å². The lowest BCUT2D eigenvalue weighted by Gasteiger charge is -2.51. The van der Waals surface area contributed by atoms with Gasteiger partial charge in [-0.3, -0.25) is 4.79 Å². The Balaban J connectivity index is 2.38. The van der Waals surface area contributed by atoms with Gasteiger partial charge in [0.05, 0.1) is 6.10 Å². The molecule has 1 aliphatic rings. The van der Waals surface area contributed by atoms with Gasteiger partial charge in [0.15, 0.2) is 29.0 Å². The van der Waals surface area contributed by atoms with Crippen LogP contribution in [0.3, 0.4) is 0 Å². The van der Waals surface area contributed by atoms with Crippen molar-refractivity contribution < 1.29 is 27.9 Å². The largest absolute Gasteiger partial charge is 0.457 e. The van der Waals surface area contributed by atoms with Crippen LogP contribution in [0.15, 0.2) is 30.3 Å². The van der Waals surface area contributed by atoms with E-state index in [9.17, 15) is 4.79 Å². The van der Waals surface area contributed by atoms with Crippen LogP contribution < -0.4 is 0 Å². The fourth-order valence-electron chi connectivity index (χ4n) is 3.72. The van der Waals surface area contributed by atoms with Gasteiger partial charge in [0.1, 0.15) is 12.2 Å². The minimum absolute atomic E-state index is 0.0161. The third-order valence-corrected chi connectivity index (χ3v) is 17.1. The second kappa shape index (κ2) is 11.8. The Kier molecular flexibility index (Phi) is 10.2. The van der Waals surface area contributed by atoms with Crippen molar-refractivity contribution in [3.63, 3.8) is 0 Å². The monoisotopic (exact) mass is 538 g/mol. The van der Waals surface area contributed by atoms with E-state index in [0.717, 1.165) is 5.56 Å². The van der Waals surface area contributed by atoms with E-state index in [1.807, 2.05) is 37.3 Å². The summed E-state index contributed by atoms with van der Waals surface area (Å²) in [5, 5.41) is -0.0434. The Hall–Kier alpha value is -1.04. The molecule has 1 aromatic carbocycles. The highest BCUT2D eigenvalue weighted by Crippen LogP contribution is 2.43. The molecule has 206 valence electrons. The number of hydrogen-bond donors (Lipinski definition) is 0. The van der Waals surface area contributed by atoms with Crippen LogP contribution in [0.1, 0.15) is 60.5 Å². The molecule has 0 unspecified atom stereocenters. The number of ether oxygens (including phenoxy) is 3. The molecule has 0 radical (unpaired) electrons. The lowest BCUT2D eigenvalue weighted by Crippen LogP contribution is -2.65. The fourth-order valence-corrected chi connectivity index (χ4v) is 6.30. The summed E-state index contributed by atoms with van der Waals surface area (Å²) >= 11 is 0. The average molecular weight is 539 g/mol. The van der Waals surface area contributed by atoms with Crippen LogP contribution >= 0.6 is 0 Å². The summed E-state index contributed by atoms with van der Waals surface area (Å²) < 4.78 is 32.1. The van der Waals surface area contributed by atoms with Crippen molar-refractivity contribution in [1.29, 1.82) is 0 Å². The SMILES string of the molecule is CO[C@H]1O[C@H](C)[C@@H](OC(=O)CCc2ccccc2)[C@H](O[Si](C)(C)C(C)(C)C)[C@H]1O[Si](C)(C)C(C)(C)C. The van der Waals surface area contributed by atoms with E-state index >= 15 is 0 Å². The predicted octanol–water partition coefficient (Wildman–Crippen LogP) is 6.70. The molecule has 2 rings (SSSR count). The molecule has 0 aliphatic carbocycles. The number of carbonyl (C=O) groups is 1. The van der Waals surface area contributed by atoms with E-state index in [2.05, 4.69) is 67.7 Å². The summed E-state index contributed by atoms with van der Waals surface area (Å²) in [4.78, 5) is 13.1. The third kappa shape index (κ3) is 7.74. The first-order chi connectivity index (χ1) is 16.4. The molecule has 1 aliphatic heterocycles. The fraction of sp³-hybridized carbons (Fsp3) is 0.750. The van der Waals surface area contributed by atoms with E-state index < -0.39 is 47.3 Å². The van der Waals surface area contributed by atoms with Crippen molar-refractivity contribution in [1.82, 2.24) is 0 Å². The minimum atomic E-state index is -2.26. The molecule has 0 spiro atoms. The molecule has 0 N–H and O–H groups in total. The van der Waals surface area contributed by atoms with Crippen LogP contribution in [0.25, 0.3) is 0 Å². The summed E-state index contributed by atoms with van der Waals surface area (Å²) in [5.74, 6) is -0.259. The summed E-state index contributed by atoms with van der Waals surface area (Å²) in [6.45, 7) is 24.0. The van der Waals surface area contributed by atoms with E-state index in [4.69, 9.17) is 23.1 Å². The molecule has 6 nitrogen and oxygen atoms in total. The van der Waals surface area contributed by atoms with Gasteiger partial charge in [-0.25, -0.2) is 0 Å². The van der Waals surface area contributed by atoms with Crippen LogP contribution in [0.5, 0.6) is 0 Å². The van der Waals surface area contributed by atoms with Crippen molar-refractivity contribution >= 4 is 22.6 Å². The highest BCUT2D eigenvalue weighted by atomic mass is 28.4. The van der Waals surface area contributed by atoms with Crippen molar-refractivity contribution in [3.8, 4) is 0 Å². The van der Waals surface area contributed by atoms with E-state index in [1.54, 1.807) is 7.11 Å². The van der Waals surface area contributed by atoms with Gasteiger partial charge in [0, 0.05) is 13.5 Å². The Morgan fingerprint density at radius 1 is 0.861 bits per heavy atom. The first-order valence-electron chi connectivity index (χ1n) is 13.2. The number of carbonyl (C=O) groups excluding carboxylic acids is 1. The topological polar surface area (TPSA) is 63.2 Å². The molecule has 1 saturated heterocycles. The quantitative estimate of drug-likeness (QED) is 0.257. The molecular weight excluding hydrogens is 488 g/mol. The van der Waals surface area contributed by atoms with Crippen molar-refractivity contribution in [2.24, 2.45) is 0 Å². The maximum atomic E-state index is 13.1. The zero-order valence-corrected chi connectivity index (χ0v) is 26.6. The first-order valence-corrected chi connectivity index (χ1v) is 19.0. The Labute approximate surface area is 221 Å². The van der Waals surface area contributed by atoms with Gasteiger partial charge >= 0.3 is 5.97 Å². The molecule has 5 atom stereocenters. The lowest BCUT2D eigenvalue weighted by atomic mass is 9.99. The predicted molar refractivity (Wildman–Crippen MR) is 150 cm³/mol. The van der Waals surface area contributed by atoms with Gasteiger partial charge in [0.2, 0.25) is 0 Å². The van der Waals surface area contributed by atoms with Gasteiger partial charge in [-0.05, 0) is 55.2 Å². The smallest absolute Gasteiger partial charge is 0.306 e. The molecular formula is C28H50O6Si2. The Morgan fingerprint density at radius 2 is 1.36 bits per heavy atom. The number of aryl methyl sites for hydroxylation is 1. The van der Waals surface area contributed by atoms with Gasteiger partial charge in [-0.1, -0.05) is 71.9 Å². The van der Waals surface area contributed by atoms with Crippen LogP contribution in [0.4, 0.5) is 0 Å². The third-order valence-electron chi connectivity index (χ3n) is 8.16. The zero-order chi connectivity index (χ0) is 27.5. The standard InChI is InChI=1S/C28H50O6Si2/c1-20-23(32-22(29)19-18-21-16-14-13-15-17-21)24(33-35(9,10)27(2,3)4)25(26(30-8)31-20)34-36(11,12)28(5,6)7/h13-17,20,23-26H,18-19H2,1-12H3/t20-,23-,24+,25-,26+/m1/s1. The van der Waals surface area contributed by atoms with Crippen LogP contribution in [0, 0.1) is 0 Å². The maximum absolute atomic E-state index is 13.1. The highest BCUT2D eigenvalue weighted by molar-refractivity contribution is 6.74. The molecule has 0 aromatic heterocycles. The second-order valence-corrected chi connectivity index (χ2v) is 22.6. The number of methoxy groups -OCH3 is 1. The molecule has 0 saturated carbocycles. The number of esters is 1. The molecule has 8 heteroatoms. The van der Waals surface area contributed by atoms with Crippen LogP contribution in [-0.2, 0) is 34.3 Å². The molecule has 1 heterocycles. The Bertz CT molecular complexity index is 844. The molecule has 0 amide bonds. The highest BCUT2D eigenvalue weighted by Gasteiger charge is 2.54. The average Bonchev–Trinajstić information content (AvgIpc) is 2.75. The summed E-state index contributed by atoms with van der Waals surface area (Å²) in [7, 11) is -2.85. The van der Waals surface area contributed by atoms with E-state index in [0.29, 0.717) is 12.8 Å². The van der Waals surface area contributed by atoms with Crippen LogP contribution in [0.2, 0.25) is 36.3 Å². The molecule has 36 heavy (non-hydrogen) atoms. The van der Waals surface area contributed by atoms with Gasteiger partial charge in [-0.15, -0.1) is 0 Å². The Morgan fingerprint density at radius 3 is 1.83 bits per heavy atom. The minimum Gasteiger partial charge on any atom is -0.457 e. The van der Waals surface area contributed by atoms with E-state index in [1.165, 1.54) is 0 Å². The van der Waals surface area contributed by atoms with Gasteiger partial charge < -0.3 is 23.1 Å². The van der Waals surface area contributed by atoms with Crippen LogP contribution in [-0.4, -0.2) is 60.4 Å². The summed E-state index contributed by atoms with van der Waals surface area (Å²) in [6.07, 6.45) is -1.68. The van der Waals surface area contributed by atoms with Crippen molar-refractivity contribution in [3.05, 3.63) is 35.9 Å².